The molecule has 0 aromatic heterocycles. The fraction of sp³-hybridized carbons (Fsp3) is 0.278. The number of nitrogens with one attached hydrogen (secondary N) is 1. The molecule has 0 radical (unpaired) electrons. The first-order valence-corrected chi connectivity index (χ1v) is 7.60. The molecule has 1 aliphatic rings. The lowest BCUT2D eigenvalue weighted by atomic mass is 10.0. The molecule has 0 saturated carbocycles. The molecule has 23 heavy (non-hydrogen) atoms. The number of benzene rings is 2. The molecule has 2 aromatic carbocycles. The fourth-order valence-corrected chi connectivity index (χ4v) is 2.86. The third-order valence-corrected chi connectivity index (χ3v) is 4.07. The Morgan fingerprint density at radius 1 is 1.26 bits per heavy atom. The highest BCUT2D eigenvalue weighted by atomic mass is 19.1. The first-order valence-electron chi connectivity index (χ1n) is 7.60. The molecule has 1 aliphatic heterocycles. The highest BCUT2D eigenvalue weighted by molar-refractivity contribution is 5.94. The molecule has 3 rings (SSSR count). The Labute approximate surface area is 134 Å². The van der Waals surface area contributed by atoms with E-state index in [4.69, 9.17) is 4.74 Å². The predicted octanol–water partition coefficient (Wildman–Crippen LogP) is 2.62. The van der Waals surface area contributed by atoms with Crippen molar-refractivity contribution in [3.05, 3.63) is 65.5 Å². The maximum absolute atomic E-state index is 13.5. The molecule has 2 aromatic rings. The first-order chi connectivity index (χ1) is 11.2. The number of nitrogens with zero attached hydrogens (tertiary/aromatic N) is 1. The van der Waals surface area contributed by atoms with Crippen LogP contribution in [0.4, 0.5) is 4.39 Å². The molecule has 1 heterocycles. The first kappa shape index (κ1) is 15.5. The van der Waals surface area contributed by atoms with E-state index in [1.165, 1.54) is 12.1 Å². The molecule has 0 bridgehead atoms. The van der Waals surface area contributed by atoms with Crippen molar-refractivity contribution in [1.29, 1.82) is 0 Å². The van der Waals surface area contributed by atoms with Crippen molar-refractivity contribution in [2.45, 2.75) is 6.04 Å². The summed E-state index contributed by atoms with van der Waals surface area (Å²) >= 11 is 0. The fourth-order valence-electron chi connectivity index (χ4n) is 2.86. The van der Waals surface area contributed by atoms with Gasteiger partial charge in [0.15, 0.2) is 0 Å². The van der Waals surface area contributed by atoms with E-state index in [2.05, 4.69) is 5.32 Å². The Hall–Kier alpha value is -2.40. The van der Waals surface area contributed by atoms with Gasteiger partial charge in [0.2, 0.25) is 0 Å². The molecule has 1 atom stereocenters. The Kier molecular flexibility index (Phi) is 4.57. The van der Waals surface area contributed by atoms with Crippen LogP contribution in [-0.4, -0.2) is 37.6 Å². The minimum Gasteiger partial charge on any atom is -0.497 e. The Balaban J connectivity index is 1.86. The van der Waals surface area contributed by atoms with Crippen LogP contribution in [0.1, 0.15) is 22.0 Å². The van der Waals surface area contributed by atoms with Gasteiger partial charge in [-0.15, -0.1) is 0 Å². The van der Waals surface area contributed by atoms with E-state index in [1.54, 1.807) is 42.3 Å². The molecular formula is C18H19FN2O2. The third kappa shape index (κ3) is 3.35. The molecule has 1 saturated heterocycles. The second-order valence-electron chi connectivity index (χ2n) is 5.50. The van der Waals surface area contributed by atoms with Crippen molar-refractivity contribution >= 4 is 5.91 Å². The van der Waals surface area contributed by atoms with E-state index in [0.717, 1.165) is 12.1 Å². The molecule has 1 fully saturated rings. The van der Waals surface area contributed by atoms with Crippen molar-refractivity contribution in [2.75, 3.05) is 26.7 Å². The van der Waals surface area contributed by atoms with Crippen LogP contribution in [0.15, 0.2) is 48.5 Å². The second kappa shape index (κ2) is 6.79. The van der Waals surface area contributed by atoms with Crippen LogP contribution in [-0.2, 0) is 0 Å². The average molecular weight is 314 g/mol. The summed E-state index contributed by atoms with van der Waals surface area (Å²) in [5.74, 6) is 0.372. The van der Waals surface area contributed by atoms with Crippen LogP contribution in [0.3, 0.4) is 0 Å². The maximum Gasteiger partial charge on any atom is 0.254 e. The smallest absolute Gasteiger partial charge is 0.254 e. The van der Waals surface area contributed by atoms with Crippen molar-refractivity contribution in [3.63, 3.8) is 0 Å². The molecule has 0 spiro atoms. The zero-order valence-corrected chi connectivity index (χ0v) is 13.0. The number of halogens is 1. The Morgan fingerprint density at radius 2 is 2.04 bits per heavy atom. The summed E-state index contributed by atoms with van der Waals surface area (Å²) in [4.78, 5) is 14.6. The zero-order chi connectivity index (χ0) is 16.2. The van der Waals surface area contributed by atoms with Gasteiger partial charge in [-0.3, -0.25) is 4.79 Å². The number of ether oxygens (including phenoxy) is 1. The van der Waals surface area contributed by atoms with Gasteiger partial charge in [-0.05, 0) is 42.0 Å². The van der Waals surface area contributed by atoms with Gasteiger partial charge < -0.3 is 15.0 Å². The van der Waals surface area contributed by atoms with Crippen molar-refractivity contribution in [2.24, 2.45) is 0 Å². The van der Waals surface area contributed by atoms with E-state index in [0.29, 0.717) is 24.4 Å². The van der Waals surface area contributed by atoms with Crippen LogP contribution in [0.25, 0.3) is 0 Å². The molecule has 0 aliphatic carbocycles. The van der Waals surface area contributed by atoms with E-state index < -0.39 is 0 Å². The highest BCUT2D eigenvalue weighted by Gasteiger charge is 2.28. The number of carbonyl (C=O) groups is 1. The number of carbonyl (C=O) groups excluding carboxylic acids is 1. The standard InChI is InChI=1S/C18H19FN2O2/c1-23-16-7-5-13(6-8-16)18(22)21-10-9-20-12-17(21)14-3-2-4-15(19)11-14/h2-8,11,17,20H,9-10,12H2,1H3. The van der Waals surface area contributed by atoms with Gasteiger partial charge >= 0.3 is 0 Å². The average Bonchev–Trinajstić information content (AvgIpc) is 2.61. The number of methoxy groups -OCH3 is 1. The molecule has 5 heteroatoms. The number of rotatable bonds is 3. The van der Waals surface area contributed by atoms with Crippen LogP contribution in [0.5, 0.6) is 5.75 Å². The third-order valence-electron chi connectivity index (χ3n) is 4.07. The van der Waals surface area contributed by atoms with E-state index in [9.17, 15) is 9.18 Å². The van der Waals surface area contributed by atoms with Crippen molar-refractivity contribution in [1.82, 2.24) is 10.2 Å². The predicted molar refractivity (Wildman–Crippen MR) is 86.0 cm³/mol. The van der Waals surface area contributed by atoms with Crippen LogP contribution in [0, 0.1) is 5.82 Å². The van der Waals surface area contributed by atoms with Crippen molar-refractivity contribution in [3.8, 4) is 5.75 Å². The van der Waals surface area contributed by atoms with Gasteiger partial charge in [0.25, 0.3) is 5.91 Å². The quantitative estimate of drug-likeness (QED) is 0.947. The minimum atomic E-state index is -0.287. The monoisotopic (exact) mass is 314 g/mol. The number of hydrogen-bond donors (Lipinski definition) is 1. The van der Waals surface area contributed by atoms with Crippen LogP contribution in [0.2, 0.25) is 0 Å². The molecule has 1 unspecified atom stereocenters. The van der Waals surface area contributed by atoms with Crippen molar-refractivity contribution < 1.29 is 13.9 Å². The highest BCUT2D eigenvalue weighted by Crippen LogP contribution is 2.25. The normalized spacial score (nSPS) is 17.8. The topological polar surface area (TPSA) is 41.6 Å². The molecule has 4 nitrogen and oxygen atoms in total. The van der Waals surface area contributed by atoms with E-state index in [1.807, 2.05) is 6.07 Å². The number of amides is 1. The van der Waals surface area contributed by atoms with Crippen LogP contribution < -0.4 is 10.1 Å². The zero-order valence-electron chi connectivity index (χ0n) is 13.0. The summed E-state index contributed by atoms with van der Waals surface area (Å²) in [6.07, 6.45) is 0. The lowest BCUT2D eigenvalue weighted by Crippen LogP contribution is -2.48. The lowest BCUT2D eigenvalue weighted by Gasteiger charge is -2.36. The molecule has 120 valence electrons. The van der Waals surface area contributed by atoms with Gasteiger partial charge in [-0.25, -0.2) is 4.39 Å². The summed E-state index contributed by atoms with van der Waals surface area (Å²) in [6, 6.07) is 13.3. The summed E-state index contributed by atoms with van der Waals surface area (Å²) in [5.41, 5.74) is 1.41. The minimum absolute atomic E-state index is 0.0524. The summed E-state index contributed by atoms with van der Waals surface area (Å²) in [7, 11) is 1.59. The van der Waals surface area contributed by atoms with Gasteiger partial charge in [0.1, 0.15) is 11.6 Å². The molecule has 1 N–H and O–H groups in total. The largest absolute Gasteiger partial charge is 0.497 e. The summed E-state index contributed by atoms with van der Waals surface area (Å²) < 4.78 is 18.6. The van der Waals surface area contributed by atoms with Gasteiger partial charge in [0, 0.05) is 25.2 Å². The second-order valence-corrected chi connectivity index (χ2v) is 5.50. The SMILES string of the molecule is COc1ccc(C(=O)N2CCNCC2c2cccc(F)c2)cc1. The Morgan fingerprint density at radius 3 is 2.74 bits per heavy atom. The number of piperazine rings is 1. The van der Waals surface area contributed by atoms with Crippen LogP contribution >= 0.6 is 0 Å². The maximum atomic E-state index is 13.5. The van der Waals surface area contributed by atoms with E-state index >= 15 is 0 Å². The Bertz CT molecular complexity index is 688. The lowest BCUT2D eigenvalue weighted by molar-refractivity contribution is 0.0634. The summed E-state index contributed by atoms with van der Waals surface area (Å²) in [5, 5.41) is 3.27. The summed E-state index contributed by atoms with van der Waals surface area (Å²) in [6.45, 7) is 1.94. The number of hydrogen-bond acceptors (Lipinski definition) is 3. The van der Waals surface area contributed by atoms with Gasteiger partial charge in [-0.1, -0.05) is 12.1 Å². The van der Waals surface area contributed by atoms with E-state index in [-0.39, 0.29) is 17.8 Å². The van der Waals surface area contributed by atoms with Gasteiger partial charge in [-0.2, -0.15) is 0 Å². The molecular weight excluding hydrogens is 295 g/mol. The molecule has 1 amide bonds. The van der Waals surface area contributed by atoms with Gasteiger partial charge in [0.05, 0.1) is 13.2 Å².